The molecule has 0 bridgehead atoms. The fourth-order valence-corrected chi connectivity index (χ4v) is 5.10. The molecule has 0 spiro atoms. The van der Waals surface area contributed by atoms with Crippen molar-refractivity contribution in [2.75, 3.05) is 7.11 Å². The molecule has 2 aromatic carbocycles. The van der Waals surface area contributed by atoms with E-state index in [0.29, 0.717) is 16.9 Å². The molecule has 0 atom stereocenters. The van der Waals surface area contributed by atoms with E-state index in [1.54, 1.807) is 7.11 Å². The highest BCUT2D eigenvalue weighted by Crippen LogP contribution is 2.53. The van der Waals surface area contributed by atoms with E-state index in [1.807, 2.05) is 24.3 Å². The van der Waals surface area contributed by atoms with Crippen molar-refractivity contribution in [3.8, 4) is 17.1 Å². The van der Waals surface area contributed by atoms with Gasteiger partial charge in [0.15, 0.2) is 0 Å². The Balaban J connectivity index is 1.80. The maximum Gasteiger partial charge on any atom is 0.146 e. The van der Waals surface area contributed by atoms with Gasteiger partial charge in [0, 0.05) is 11.1 Å². The molecule has 0 amide bonds. The first kappa shape index (κ1) is 18.2. The van der Waals surface area contributed by atoms with Crippen molar-refractivity contribution in [3.05, 3.63) is 57.9 Å². The van der Waals surface area contributed by atoms with Gasteiger partial charge in [-0.1, -0.05) is 23.7 Å². The molecule has 0 unspecified atom stereocenters. The number of halogens is 1. The SMILES string of the molecule is COc1c(C2CC2)cc2c(nc(C)c3c(C)nc(-c4ccccc4Cl)n32)c1C1CC1. The van der Waals surface area contributed by atoms with Gasteiger partial charge in [0.05, 0.1) is 40.1 Å². The fraction of sp³-hybridized carbons (Fsp3) is 0.360. The Labute approximate surface area is 180 Å². The Morgan fingerprint density at radius 1 is 1.00 bits per heavy atom. The van der Waals surface area contributed by atoms with Crippen molar-refractivity contribution in [1.29, 1.82) is 0 Å². The van der Waals surface area contributed by atoms with Gasteiger partial charge in [-0.25, -0.2) is 9.97 Å². The third-order valence-electron chi connectivity index (χ3n) is 6.53. The highest BCUT2D eigenvalue weighted by Gasteiger charge is 2.36. The number of methoxy groups -OCH3 is 1. The average Bonchev–Trinajstić information content (AvgIpc) is 3.65. The van der Waals surface area contributed by atoms with Gasteiger partial charge in [0.25, 0.3) is 0 Å². The van der Waals surface area contributed by atoms with E-state index in [2.05, 4.69) is 24.3 Å². The summed E-state index contributed by atoms with van der Waals surface area (Å²) in [6.07, 6.45) is 4.88. The Bertz CT molecular complexity index is 1330. The van der Waals surface area contributed by atoms with Gasteiger partial charge in [-0.15, -0.1) is 0 Å². The first-order valence-electron chi connectivity index (χ1n) is 10.7. The minimum absolute atomic E-state index is 0.541. The number of benzene rings is 2. The minimum Gasteiger partial charge on any atom is -0.496 e. The largest absolute Gasteiger partial charge is 0.496 e. The van der Waals surface area contributed by atoms with Crippen LogP contribution in [0.4, 0.5) is 0 Å². The van der Waals surface area contributed by atoms with Crippen LogP contribution < -0.4 is 4.74 Å². The summed E-state index contributed by atoms with van der Waals surface area (Å²) >= 11 is 6.60. The van der Waals surface area contributed by atoms with Crippen LogP contribution in [0.1, 0.15) is 60.0 Å². The van der Waals surface area contributed by atoms with Gasteiger partial charge >= 0.3 is 0 Å². The lowest BCUT2D eigenvalue weighted by Gasteiger charge is -2.18. The molecule has 0 aliphatic heterocycles. The molecule has 0 radical (unpaired) electrons. The molecule has 152 valence electrons. The van der Waals surface area contributed by atoms with Crippen LogP contribution in [-0.4, -0.2) is 21.5 Å². The van der Waals surface area contributed by atoms with Crippen LogP contribution in [-0.2, 0) is 0 Å². The molecule has 4 nitrogen and oxygen atoms in total. The number of hydrogen-bond donors (Lipinski definition) is 0. The monoisotopic (exact) mass is 417 g/mol. The zero-order valence-electron chi connectivity index (χ0n) is 17.5. The summed E-state index contributed by atoms with van der Waals surface area (Å²) < 4.78 is 8.28. The molecule has 2 aromatic heterocycles. The van der Waals surface area contributed by atoms with Gasteiger partial charge in [-0.2, -0.15) is 0 Å². The number of rotatable bonds is 4. The molecule has 6 rings (SSSR count). The normalized spacial score (nSPS) is 16.5. The molecule has 4 aromatic rings. The first-order valence-corrected chi connectivity index (χ1v) is 11.1. The molecule has 30 heavy (non-hydrogen) atoms. The Morgan fingerprint density at radius 3 is 2.37 bits per heavy atom. The van der Waals surface area contributed by atoms with Gasteiger partial charge in [0.1, 0.15) is 11.6 Å². The van der Waals surface area contributed by atoms with E-state index in [9.17, 15) is 0 Å². The van der Waals surface area contributed by atoms with Gasteiger partial charge in [0.2, 0.25) is 0 Å². The topological polar surface area (TPSA) is 39.4 Å². The number of fused-ring (bicyclic) bond motifs is 3. The van der Waals surface area contributed by atoms with E-state index in [0.717, 1.165) is 45.1 Å². The summed E-state index contributed by atoms with van der Waals surface area (Å²) in [6, 6.07) is 10.3. The van der Waals surface area contributed by atoms with Crippen molar-refractivity contribution in [2.45, 2.75) is 51.4 Å². The van der Waals surface area contributed by atoms with Crippen LogP contribution in [0.2, 0.25) is 5.02 Å². The fourth-order valence-electron chi connectivity index (χ4n) is 4.88. The summed E-state index contributed by atoms with van der Waals surface area (Å²) in [7, 11) is 1.81. The zero-order chi connectivity index (χ0) is 20.6. The predicted octanol–water partition coefficient (Wildman–Crippen LogP) is 6.58. The van der Waals surface area contributed by atoms with Gasteiger partial charge < -0.3 is 4.74 Å². The highest BCUT2D eigenvalue weighted by atomic mass is 35.5. The standard InChI is InChI=1S/C25H24ClN3O/c1-13-23-14(2)28-25(17-6-4-5-7-19(17)26)29(23)20-12-18(15-8-9-15)24(30-3)21(16-10-11-16)22(20)27-13/h4-7,12,15-16H,8-11H2,1-3H3. The molecule has 0 saturated heterocycles. The maximum absolute atomic E-state index is 6.60. The average molecular weight is 418 g/mol. The summed E-state index contributed by atoms with van der Waals surface area (Å²) in [4.78, 5) is 10.1. The molecule has 0 N–H and O–H groups in total. The second kappa shape index (κ2) is 6.45. The lowest BCUT2D eigenvalue weighted by atomic mass is 9.98. The summed E-state index contributed by atoms with van der Waals surface area (Å²) in [5, 5.41) is 0.713. The number of aryl methyl sites for hydroxylation is 2. The molecular weight excluding hydrogens is 394 g/mol. The predicted molar refractivity (Wildman–Crippen MR) is 121 cm³/mol. The third kappa shape index (κ3) is 2.59. The molecule has 2 aliphatic carbocycles. The van der Waals surface area contributed by atoms with E-state index >= 15 is 0 Å². The second-order valence-corrected chi connectivity index (χ2v) is 9.12. The van der Waals surface area contributed by atoms with E-state index in [4.69, 9.17) is 26.3 Å². The first-order chi connectivity index (χ1) is 14.6. The molecule has 2 aliphatic rings. The van der Waals surface area contributed by atoms with Crippen LogP contribution in [0.3, 0.4) is 0 Å². The lowest BCUT2D eigenvalue weighted by Crippen LogP contribution is -2.04. The van der Waals surface area contributed by atoms with Gasteiger partial charge in [-0.3, -0.25) is 4.40 Å². The molecule has 5 heteroatoms. The number of hydrogen-bond acceptors (Lipinski definition) is 3. The van der Waals surface area contributed by atoms with E-state index < -0.39 is 0 Å². The van der Waals surface area contributed by atoms with Crippen molar-refractivity contribution >= 4 is 28.2 Å². The number of ether oxygens (including phenoxy) is 1. The summed E-state index contributed by atoms with van der Waals surface area (Å²) in [5.41, 5.74) is 8.79. The van der Waals surface area contributed by atoms with Crippen LogP contribution in [0.5, 0.6) is 5.75 Å². The molecule has 2 heterocycles. The highest BCUT2D eigenvalue weighted by molar-refractivity contribution is 6.33. The molecule has 2 saturated carbocycles. The van der Waals surface area contributed by atoms with Crippen molar-refractivity contribution < 1.29 is 4.74 Å². The second-order valence-electron chi connectivity index (χ2n) is 8.71. The third-order valence-corrected chi connectivity index (χ3v) is 6.86. The Kier molecular flexibility index (Phi) is 3.91. The maximum atomic E-state index is 6.60. The van der Waals surface area contributed by atoms with E-state index in [-0.39, 0.29) is 0 Å². The number of nitrogens with zero attached hydrogens (tertiary/aromatic N) is 3. The van der Waals surface area contributed by atoms with Crippen LogP contribution in [0.15, 0.2) is 30.3 Å². The zero-order valence-corrected chi connectivity index (χ0v) is 18.3. The minimum atomic E-state index is 0.541. The smallest absolute Gasteiger partial charge is 0.146 e. The van der Waals surface area contributed by atoms with Gasteiger partial charge in [-0.05, 0) is 75.1 Å². The van der Waals surface area contributed by atoms with Crippen LogP contribution >= 0.6 is 11.6 Å². The van der Waals surface area contributed by atoms with Crippen molar-refractivity contribution in [1.82, 2.24) is 14.4 Å². The Morgan fingerprint density at radius 2 is 1.70 bits per heavy atom. The molecule has 2 fully saturated rings. The van der Waals surface area contributed by atoms with Crippen LogP contribution in [0, 0.1) is 13.8 Å². The number of aromatic nitrogens is 3. The van der Waals surface area contributed by atoms with Crippen molar-refractivity contribution in [2.24, 2.45) is 0 Å². The Hall–Kier alpha value is -2.59. The van der Waals surface area contributed by atoms with Crippen molar-refractivity contribution in [3.63, 3.8) is 0 Å². The van der Waals surface area contributed by atoms with E-state index in [1.165, 1.54) is 36.8 Å². The van der Waals surface area contributed by atoms with Crippen LogP contribution in [0.25, 0.3) is 27.9 Å². The molecular formula is C25H24ClN3O. The lowest BCUT2D eigenvalue weighted by molar-refractivity contribution is 0.405. The summed E-state index contributed by atoms with van der Waals surface area (Å²) in [6.45, 7) is 4.14. The number of imidazole rings is 1. The summed E-state index contributed by atoms with van der Waals surface area (Å²) in [5.74, 6) is 3.08. The quantitative estimate of drug-likeness (QED) is 0.376.